The summed E-state index contributed by atoms with van der Waals surface area (Å²) in [6.45, 7) is 3.89. The minimum Gasteiger partial charge on any atom is -0.493 e. The SMILES string of the molecule is COc1ccc(CN2CCN(C(=O)Nc3nccs3)CC2)cc1OC. The highest BCUT2D eigenvalue weighted by molar-refractivity contribution is 7.13. The Kier molecular flexibility index (Phi) is 5.72. The van der Waals surface area contributed by atoms with Crippen LogP contribution in [-0.4, -0.2) is 61.2 Å². The van der Waals surface area contributed by atoms with Crippen LogP contribution in [0.15, 0.2) is 29.8 Å². The molecule has 0 atom stereocenters. The van der Waals surface area contributed by atoms with Crippen LogP contribution in [0.4, 0.5) is 9.93 Å². The van der Waals surface area contributed by atoms with E-state index in [-0.39, 0.29) is 6.03 Å². The highest BCUT2D eigenvalue weighted by Crippen LogP contribution is 2.28. The van der Waals surface area contributed by atoms with Gasteiger partial charge in [0.1, 0.15) is 0 Å². The van der Waals surface area contributed by atoms with Crippen LogP contribution in [0, 0.1) is 0 Å². The first-order chi connectivity index (χ1) is 12.2. The van der Waals surface area contributed by atoms with Crippen molar-refractivity contribution in [2.75, 3.05) is 45.7 Å². The molecule has 0 radical (unpaired) electrons. The molecule has 1 saturated heterocycles. The highest BCUT2D eigenvalue weighted by Gasteiger charge is 2.21. The zero-order valence-electron chi connectivity index (χ0n) is 14.4. The number of carbonyl (C=O) groups is 1. The zero-order valence-corrected chi connectivity index (χ0v) is 15.2. The molecule has 7 nitrogen and oxygen atoms in total. The summed E-state index contributed by atoms with van der Waals surface area (Å²) in [7, 11) is 3.27. The third-order valence-corrected chi connectivity index (χ3v) is 4.85. The number of carbonyl (C=O) groups excluding carboxylic acids is 1. The molecule has 25 heavy (non-hydrogen) atoms. The van der Waals surface area contributed by atoms with E-state index >= 15 is 0 Å². The number of nitrogens with zero attached hydrogens (tertiary/aromatic N) is 3. The molecule has 0 spiro atoms. The maximum absolute atomic E-state index is 12.2. The average molecular weight is 362 g/mol. The summed E-state index contributed by atoms with van der Waals surface area (Å²) >= 11 is 1.42. The number of benzene rings is 1. The maximum atomic E-state index is 12.2. The number of methoxy groups -OCH3 is 2. The number of ether oxygens (including phenoxy) is 2. The summed E-state index contributed by atoms with van der Waals surface area (Å²) in [5.74, 6) is 1.47. The number of thiazole rings is 1. The van der Waals surface area contributed by atoms with Gasteiger partial charge in [-0.05, 0) is 17.7 Å². The summed E-state index contributed by atoms with van der Waals surface area (Å²) in [4.78, 5) is 20.5. The monoisotopic (exact) mass is 362 g/mol. The summed E-state index contributed by atoms with van der Waals surface area (Å²) < 4.78 is 10.6. The summed E-state index contributed by atoms with van der Waals surface area (Å²) in [6.07, 6.45) is 1.68. The second kappa shape index (κ2) is 8.17. The third-order valence-electron chi connectivity index (χ3n) is 4.16. The van der Waals surface area contributed by atoms with E-state index in [1.54, 1.807) is 20.4 Å². The molecule has 1 aliphatic heterocycles. The van der Waals surface area contributed by atoms with Crippen LogP contribution in [-0.2, 0) is 6.54 Å². The van der Waals surface area contributed by atoms with E-state index in [0.717, 1.165) is 31.1 Å². The molecule has 134 valence electrons. The molecule has 2 aromatic rings. The van der Waals surface area contributed by atoms with Crippen molar-refractivity contribution in [3.8, 4) is 11.5 Å². The van der Waals surface area contributed by atoms with Crippen LogP contribution in [0.1, 0.15) is 5.56 Å². The molecule has 0 aliphatic carbocycles. The Morgan fingerprint density at radius 1 is 1.20 bits per heavy atom. The van der Waals surface area contributed by atoms with Gasteiger partial charge in [-0.25, -0.2) is 9.78 Å². The Morgan fingerprint density at radius 3 is 2.60 bits per heavy atom. The molecule has 1 aromatic heterocycles. The second-order valence-corrected chi connectivity index (χ2v) is 6.61. The zero-order chi connectivity index (χ0) is 17.6. The van der Waals surface area contributed by atoms with E-state index < -0.39 is 0 Å². The molecule has 1 N–H and O–H groups in total. The predicted octanol–water partition coefficient (Wildman–Crippen LogP) is 2.51. The van der Waals surface area contributed by atoms with Crippen LogP contribution in [0.3, 0.4) is 0 Å². The Bertz CT molecular complexity index is 700. The van der Waals surface area contributed by atoms with Crippen molar-refractivity contribution >= 4 is 22.5 Å². The van der Waals surface area contributed by atoms with Crippen molar-refractivity contribution < 1.29 is 14.3 Å². The van der Waals surface area contributed by atoms with Crippen LogP contribution in [0.25, 0.3) is 0 Å². The van der Waals surface area contributed by atoms with Crippen LogP contribution in [0.2, 0.25) is 0 Å². The van der Waals surface area contributed by atoms with Crippen LogP contribution < -0.4 is 14.8 Å². The van der Waals surface area contributed by atoms with E-state index in [0.29, 0.717) is 18.2 Å². The standard InChI is InChI=1S/C17H22N4O3S/c1-23-14-4-3-13(11-15(14)24-2)12-20-6-8-21(9-7-20)17(22)19-16-18-5-10-25-16/h3-5,10-11H,6-9,12H2,1-2H3,(H,18,19,22). The number of nitrogens with one attached hydrogen (secondary N) is 1. The van der Waals surface area contributed by atoms with E-state index in [2.05, 4.69) is 15.2 Å². The first-order valence-corrected chi connectivity index (χ1v) is 8.96. The number of aromatic nitrogens is 1. The van der Waals surface area contributed by atoms with E-state index in [1.807, 2.05) is 28.5 Å². The molecule has 1 aliphatic rings. The number of piperazine rings is 1. The van der Waals surface area contributed by atoms with Gasteiger partial charge in [-0.15, -0.1) is 11.3 Å². The van der Waals surface area contributed by atoms with E-state index in [4.69, 9.17) is 9.47 Å². The van der Waals surface area contributed by atoms with Gasteiger partial charge < -0.3 is 14.4 Å². The summed E-state index contributed by atoms with van der Waals surface area (Å²) in [5, 5.41) is 5.31. The summed E-state index contributed by atoms with van der Waals surface area (Å²) in [6, 6.07) is 5.88. The van der Waals surface area contributed by atoms with Crippen molar-refractivity contribution in [1.82, 2.24) is 14.8 Å². The van der Waals surface area contributed by atoms with Gasteiger partial charge in [-0.3, -0.25) is 10.2 Å². The second-order valence-electron chi connectivity index (χ2n) is 5.72. The molecule has 3 rings (SSSR count). The molecule has 1 fully saturated rings. The first-order valence-electron chi connectivity index (χ1n) is 8.08. The fourth-order valence-corrected chi connectivity index (χ4v) is 3.32. The van der Waals surface area contributed by atoms with Crippen molar-refractivity contribution in [1.29, 1.82) is 0 Å². The number of urea groups is 1. The molecule has 0 bridgehead atoms. The molecule has 1 aromatic carbocycles. The molecular formula is C17H22N4O3S. The van der Waals surface area contributed by atoms with Gasteiger partial charge in [-0.1, -0.05) is 6.07 Å². The van der Waals surface area contributed by atoms with Gasteiger partial charge in [-0.2, -0.15) is 0 Å². The molecular weight excluding hydrogens is 340 g/mol. The predicted molar refractivity (Wildman–Crippen MR) is 97.5 cm³/mol. The molecule has 0 saturated carbocycles. The molecule has 8 heteroatoms. The minimum absolute atomic E-state index is 0.0827. The lowest BCUT2D eigenvalue weighted by Gasteiger charge is -2.34. The van der Waals surface area contributed by atoms with Crippen molar-refractivity contribution in [2.24, 2.45) is 0 Å². The van der Waals surface area contributed by atoms with Crippen molar-refractivity contribution in [2.45, 2.75) is 6.54 Å². The Labute approximate surface area is 151 Å². The van der Waals surface area contributed by atoms with Gasteiger partial charge in [0.05, 0.1) is 14.2 Å². The minimum atomic E-state index is -0.0827. The lowest BCUT2D eigenvalue weighted by molar-refractivity contribution is 0.143. The Balaban J connectivity index is 1.51. The third kappa shape index (κ3) is 4.40. The fourth-order valence-electron chi connectivity index (χ4n) is 2.80. The van der Waals surface area contributed by atoms with Crippen molar-refractivity contribution in [3.05, 3.63) is 35.3 Å². The number of hydrogen-bond acceptors (Lipinski definition) is 6. The van der Waals surface area contributed by atoms with Crippen LogP contribution in [0.5, 0.6) is 11.5 Å². The van der Waals surface area contributed by atoms with Gasteiger partial charge in [0.25, 0.3) is 0 Å². The number of anilines is 1. The molecule has 2 heterocycles. The smallest absolute Gasteiger partial charge is 0.323 e. The van der Waals surface area contributed by atoms with Gasteiger partial charge >= 0.3 is 6.03 Å². The maximum Gasteiger partial charge on any atom is 0.323 e. The van der Waals surface area contributed by atoms with Crippen molar-refractivity contribution in [3.63, 3.8) is 0 Å². The number of hydrogen-bond donors (Lipinski definition) is 1. The Morgan fingerprint density at radius 2 is 1.96 bits per heavy atom. The van der Waals surface area contributed by atoms with E-state index in [9.17, 15) is 4.79 Å². The van der Waals surface area contributed by atoms with Gasteiger partial charge in [0, 0.05) is 44.3 Å². The molecule has 2 amide bonds. The lowest BCUT2D eigenvalue weighted by Crippen LogP contribution is -2.49. The quantitative estimate of drug-likeness (QED) is 0.885. The largest absolute Gasteiger partial charge is 0.493 e. The fraction of sp³-hybridized carbons (Fsp3) is 0.412. The Hall–Kier alpha value is -2.32. The highest BCUT2D eigenvalue weighted by atomic mass is 32.1. The first kappa shape index (κ1) is 17.5. The van der Waals surface area contributed by atoms with Gasteiger partial charge in [0.2, 0.25) is 0 Å². The summed E-state index contributed by atoms with van der Waals surface area (Å²) in [5.41, 5.74) is 1.17. The van der Waals surface area contributed by atoms with Crippen LogP contribution >= 0.6 is 11.3 Å². The van der Waals surface area contributed by atoms with Gasteiger partial charge in [0.15, 0.2) is 16.6 Å². The lowest BCUT2D eigenvalue weighted by atomic mass is 10.1. The normalized spacial score (nSPS) is 15.0. The number of amides is 2. The number of rotatable bonds is 5. The average Bonchev–Trinajstić information content (AvgIpc) is 3.15. The topological polar surface area (TPSA) is 66.9 Å². The molecule has 0 unspecified atom stereocenters. The van der Waals surface area contributed by atoms with E-state index in [1.165, 1.54) is 16.9 Å².